The molecule has 1 saturated heterocycles. The first-order valence-corrected chi connectivity index (χ1v) is 14.6. The molecule has 1 aliphatic heterocycles. The van der Waals surface area contributed by atoms with E-state index in [1.54, 1.807) is 61.8 Å². The molecule has 2 N–H and O–H groups in total. The third kappa shape index (κ3) is 8.42. The third-order valence-corrected chi connectivity index (χ3v) is 7.49. The molecule has 2 aromatic heterocycles. The molecule has 0 bridgehead atoms. The number of carbonyl (C=O) groups excluding carboxylic acids is 1. The Balaban J connectivity index is 1.21. The number of aryl methyl sites for hydroxylation is 1. The molecule has 1 aliphatic rings. The molecule has 4 aromatic rings. The summed E-state index contributed by atoms with van der Waals surface area (Å²) in [5.41, 5.74) is 4.27. The van der Waals surface area contributed by atoms with Crippen molar-refractivity contribution in [2.24, 2.45) is 0 Å². The Morgan fingerprint density at radius 1 is 1.04 bits per heavy atom. The van der Waals surface area contributed by atoms with Gasteiger partial charge in [-0.1, -0.05) is 24.0 Å². The lowest BCUT2D eigenvalue weighted by Crippen LogP contribution is -2.44. The van der Waals surface area contributed by atoms with Crippen LogP contribution in [0, 0.1) is 24.6 Å². The van der Waals surface area contributed by atoms with Crippen LogP contribution in [-0.4, -0.2) is 89.5 Å². The number of hydrogen-bond acceptors (Lipinski definition) is 9. The number of anilines is 3. The molecule has 0 saturated carbocycles. The summed E-state index contributed by atoms with van der Waals surface area (Å²) < 4.78 is 27.0. The van der Waals surface area contributed by atoms with E-state index in [4.69, 9.17) is 9.47 Å². The van der Waals surface area contributed by atoms with Crippen LogP contribution in [0.4, 0.5) is 21.7 Å². The van der Waals surface area contributed by atoms with Crippen molar-refractivity contribution in [3.8, 4) is 17.7 Å². The van der Waals surface area contributed by atoms with Gasteiger partial charge in [0.1, 0.15) is 11.5 Å². The fraction of sp³-hybridized carbons (Fsp3) is 0.333. The van der Waals surface area contributed by atoms with E-state index in [2.05, 4.69) is 54.4 Å². The zero-order valence-corrected chi connectivity index (χ0v) is 25.9. The van der Waals surface area contributed by atoms with Gasteiger partial charge in [0.05, 0.1) is 32.0 Å². The first kappa shape index (κ1) is 31.6. The molecule has 11 nitrogen and oxygen atoms in total. The van der Waals surface area contributed by atoms with Crippen molar-refractivity contribution in [1.82, 2.24) is 29.5 Å². The van der Waals surface area contributed by atoms with Crippen LogP contribution in [0.25, 0.3) is 0 Å². The van der Waals surface area contributed by atoms with Gasteiger partial charge in [0, 0.05) is 74.6 Å². The largest absolute Gasteiger partial charge is 0.478 e. The number of benzene rings is 2. The third-order valence-electron chi connectivity index (χ3n) is 7.49. The number of rotatable bonds is 10. The fourth-order valence-electron chi connectivity index (χ4n) is 4.76. The Bertz CT molecular complexity index is 1690. The molecule has 0 aliphatic carbocycles. The van der Waals surface area contributed by atoms with Crippen LogP contribution < -0.4 is 15.4 Å². The lowest BCUT2D eigenvalue weighted by Gasteiger charge is -2.32. The van der Waals surface area contributed by atoms with Crippen molar-refractivity contribution in [2.75, 3.05) is 64.7 Å². The van der Waals surface area contributed by atoms with Crippen molar-refractivity contribution in [1.29, 1.82) is 0 Å². The van der Waals surface area contributed by atoms with Crippen LogP contribution in [0.5, 0.6) is 5.88 Å². The molecular weight excluding hydrogens is 575 g/mol. The fourth-order valence-corrected chi connectivity index (χ4v) is 4.76. The molecule has 1 fully saturated rings. The second kappa shape index (κ2) is 14.8. The summed E-state index contributed by atoms with van der Waals surface area (Å²) in [5.74, 6) is 6.28. The van der Waals surface area contributed by atoms with Crippen LogP contribution in [0.1, 0.15) is 32.6 Å². The Kier molecular flexibility index (Phi) is 10.4. The predicted molar refractivity (Wildman–Crippen MR) is 170 cm³/mol. The molecular formula is C33H37FN8O3. The molecule has 0 unspecified atom stereocenters. The molecule has 5 rings (SSSR count). The molecule has 234 valence electrons. The number of aromatic nitrogens is 4. The number of likely N-dealkylation sites (N-methyl/N-ethyl adjacent to an activating group) is 1. The number of nitrogens with zero attached hydrogens (tertiary/aromatic N) is 6. The number of amides is 1. The van der Waals surface area contributed by atoms with Crippen LogP contribution in [0.15, 0.2) is 55.0 Å². The van der Waals surface area contributed by atoms with Gasteiger partial charge >= 0.3 is 0 Å². The van der Waals surface area contributed by atoms with Crippen molar-refractivity contribution in [3.05, 3.63) is 88.6 Å². The minimum absolute atomic E-state index is 0.332. The summed E-state index contributed by atoms with van der Waals surface area (Å²) in [4.78, 5) is 26.3. The molecule has 3 heterocycles. The van der Waals surface area contributed by atoms with E-state index in [9.17, 15) is 9.18 Å². The maximum Gasteiger partial charge on any atom is 0.256 e. The molecule has 1 amide bonds. The van der Waals surface area contributed by atoms with E-state index in [0.29, 0.717) is 65.2 Å². The van der Waals surface area contributed by atoms with Gasteiger partial charge < -0.3 is 25.0 Å². The molecule has 12 heteroatoms. The minimum Gasteiger partial charge on any atom is -0.478 e. The number of ether oxygens (including phenoxy) is 2. The van der Waals surface area contributed by atoms with Gasteiger partial charge in [-0.2, -0.15) is 0 Å². The summed E-state index contributed by atoms with van der Waals surface area (Å²) in [6, 6.07) is 10.1. The van der Waals surface area contributed by atoms with Gasteiger partial charge in [-0.15, -0.1) is 5.10 Å². The van der Waals surface area contributed by atoms with Crippen molar-refractivity contribution < 1.29 is 18.7 Å². The normalized spacial score (nSPS) is 13.6. The van der Waals surface area contributed by atoms with Crippen molar-refractivity contribution in [2.45, 2.75) is 20.0 Å². The number of piperazine rings is 1. The van der Waals surface area contributed by atoms with E-state index < -0.39 is 0 Å². The summed E-state index contributed by atoms with van der Waals surface area (Å²) >= 11 is 0. The van der Waals surface area contributed by atoms with Gasteiger partial charge in [-0.25, -0.2) is 14.4 Å². The number of hydrogen-bond donors (Lipinski definition) is 2. The summed E-state index contributed by atoms with van der Waals surface area (Å²) in [6.07, 6.45) is 5.01. The molecule has 0 atom stereocenters. The Morgan fingerprint density at radius 2 is 1.82 bits per heavy atom. The first-order chi connectivity index (χ1) is 21.8. The lowest BCUT2D eigenvalue weighted by molar-refractivity contribution is 0.102. The number of methoxy groups -OCH3 is 2. The first-order valence-electron chi connectivity index (χ1n) is 14.6. The van der Waals surface area contributed by atoms with E-state index in [-0.39, 0.29) is 11.7 Å². The van der Waals surface area contributed by atoms with Gasteiger partial charge in [-0.05, 0) is 43.8 Å². The average molecular weight is 613 g/mol. The van der Waals surface area contributed by atoms with E-state index >= 15 is 0 Å². The molecule has 0 spiro atoms. The van der Waals surface area contributed by atoms with Crippen molar-refractivity contribution >= 4 is 23.2 Å². The second-order valence-electron chi connectivity index (χ2n) is 10.8. The predicted octanol–water partition coefficient (Wildman–Crippen LogP) is 3.92. The van der Waals surface area contributed by atoms with Gasteiger partial charge in [0.25, 0.3) is 11.8 Å². The highest BCUT2D eigenvalue weighted by atomic mass is 19.1. The maximum absolute atomic E-state index is 14.9. The highest BCUT2D eigenvalue weighted by Crippen LogP contribution is 2.24. The molecule has 45 heavy (non-hydrogen) atoms. The topological polar surface area (TPSA) is 110 Å². The maximum atomic E-state index is 14.9. The Labute approximate surface area is 262 Å². The molecule has 2 aromatic carbocycles. The SMILES string of the molecule is COCCn1cc(Nc2ncc(C#Cc3cc(C(=O)Nc4ccc(CN5CCN(C)CC5)c(F)c4)ccc3C)cn2)c(OC)n1. The van der Waals surface area contributed by atoms with Crippen molar-refractivity contribution in [3.63, 3.8) is 0 Å². The smallest absolute Gasteiger partial charge is 0.256 e. The highest BCUT2D eigenvalue weighted by Gasteiger charge is 2.17. The van der Waals surface area contributed by atoms with Crippen LogP contribution >= 0.6 is 0 Å². The molecule has 0 radical (unpaired) electrons. The number of halogens is 1. The zero-order valence-electron chi connectivity index (χ0n) is 25.9. The van der Waals surface area contributed by atoms with Crippen LogP contribution in [0.3, 0.4) is 0 Å². The average Bonchev–Trinajstić information content (AvgIpc) is 3.44. The Morgan fingerprint density at radius 3 is 2.53 bits per heavy atom. The van der Waals surface area contributed by atoms with Gasteiger partial charge in [-0.3, -0.25) is 14.4 Å². The summed E-state index contributed by atoms with van der Waals surface area (Å²) in [7, 11) is 5.27. The monoisotopic (exact) mass is 612 g/mol. The van der Waals surface area contributed by atoms with E-state index in [0.717, 1.165) is 31.7 Å². The zero-order chi connectivity index (χ0) is 31.8. The van der Waals surface area contributed by atoms with Crippen LogP contribution in [-0.2, 0) is 17.8 Å². The van der Waals surface area contributed by atoms with Crippen LogP contribution in [0.2, 0.25) is 0 Å². The second-order valence-corrected chi connectivity index (χ2v) is 10.8. The van der Waals surface area contributed by atoms with E-state index in [1.165, 1.54) is 6.07 Å². The minimum atomic E-state index is -0.344. The summed E-state index contributed by atoms with van der Waals surface area (Å²) in [6.45, 7) is 7.31. The quantitative estimate of drug-likeness (QED) is 0.258. The van der Waals surface area contributed by atoms with Gasteiger partial charge in [0.2, 0.25) is 5.95 Å². The summed E-state index contributed by atoms with van der Waals surface area (Å²) in [5, 5.41) is 10.3. The highest BCUT2D eigenvalue weighted by molar-refractivity contribution is 6.04. The number of carbonyl (C=O) groups is 1. The number of nitrogens with one attached hydrogen (secondary N) is 2. The van der Waals surface area contributed by atoms with Gasteiger partial charge in [0.15, 0.2) is 0 Å². The standard InChI is InChI=1S/C33H37FN8O3/c1-23-5-7-26(31(43)37-28-10-9-27(29(34)18-28)21-41-13-11-40(2)12-14-41)17-25(23)8-6-24-19-35-33(36-20-24)38-30-22-42(15-16-44-3)39-32(30)45-4/h5,7,9-10,17-20,22H,11-16,21H2,1-4H3,(H,37,43)(H,35,36,38). The lowest BCUT2D eigenvalue weighted by atomic mass is 10.0. The Hall–Kier alpha value is -4.83. The van der Waals surface area contributed by atoms with E-state index in [1.807, 2.05) is 13.0 Å².